The van der Waals surface area contributed by atoms with E-state index in [0.29, 0.717) is 12.1 Å². The first-order chi connectivity index (χ1) is 9.79. The van der Waals surface area contributed by atoms with Crippen LogP contribution in [0.1, 0.15) is 36.7 Å². The van der Waals surface area contributed by atoms with E-state index in [0.717, 1.165) is 26.2 Å². The first kappa shape index (κ1) is 15.9. The number of halogens is 1. The number of carboxylic acids is 1. The molecule has 1 N–H and O–H groups in total. The third-order valence-electron chi connectivity index (χ3n) is 4.02. The quantitative estimate of drug-likeness (QED) is 0.930. The van der Waals surface area contributed by atoms with Gasteiger partial charge in [-0.15, -0.1) is 0 Å². The lowest BCUT2D eigenvalue weighted by Crippen LogP contribution is -2.53. The Balaban J connectivity index is 2.01. The van der Waals surface area contributed by atoms with Crippen molar-refractivity contribution < 1.29 is 14.3 Å². The van der Waals surface area contributed by atoms with Gasteiger partial charge in [0.2, 0.25) is 0 Å². The molecule has 1 aliphatic heterocycles. The first-order valence-corrected chi connectivity index (χ1v) is 7.27. The number of carboxylic acid groups (broad SMARTS) is 1. The maximum atomic E-state index is 14.1. The van der Waals surface area contributed by atoms with Gasteiger partial charge in [-0.25, -0.2) is 9.18 Å². The van der Waals surface area contributed by atoms with Crippen molar-refractivity contribution in [2.45, 2.75) is 32.9 Å². The van der Waals surface area contributed by atoms with Crippen LogP contribution < -0.4 is 0 Å². The van der Waals surface area contributed by atoms with Gasteiger partial charge < -0.3 is 5.11 Å². The summed E-state index contributed by atoms with van der Waals surface area (Å²) in [7, 11) is 0. The van der Waals surface area contributed by atoms with Gasteiger partial charge in [0.05, 0.1) is 5.56 Å². The Kier molecular flexibility index (Phi) is 4.64. The number of piperazine rings is 1. The number of hydrogen-bond donors (Lipinski definition) is 1. The van der Waals surface area contributed by atoms with Crippen molar-refractivity contribution in [3.63, 3.8) is 0 Å². The van der Waals surface area contributed by atoms with Gasteiger partial charge >= 0.3 is 5.97 Å². The molecule has 116 valence electrons. The van der Waals surface area contributed by atoms with Gasteiger partial charge in [-0.2, -0.15) is 0 Å². The summed E-state index contributed by atoms with van der Waals surface area (Å²) < 4.78 is 14.1. The number of benzene rings is 1. The molecule has 0 saturated carbocycles. The van der Waals surface area contributed by atoms with Crippen molar-refractivity contribution in [1.82, 2.24) is 9.80 Å². The summed E-state index contributed by atoms with van der Waals surface area (Å²) in [6.07, 6.45) is 0. The average Bonchev–Trinajstić information content (AvgIpc) is 2.40. The fourth-order valence-corrected chi connectivity index (χ4v) is 2.68. The van der Waals surface area contributed by atoms with E-state index < -0.39 is 11.8 Å². The highest BCUT2D eigenvalue weighted by Gasteiger charge is 2.26. The Morgan fingerprint density at radius 2 is 1.86 bits per heavy atom. The zero-order valence-electron chi connectivity index (χ0n) is 12.9. The summed E-state index contributed by atoms with van der Waals surface area (Å²) in [6, 6.07) is 4.57. The van der Waals surface area contributed by atoms with E-state index in [4.69, 9.17) is 5.11 Å². The minimum atomic E-state index is -1.22. The molecule has 5 heteroatoms. The van der Waals surface area contributed by atoms with Crippen LogP contribution in [0.15, 0.2) is 18.2 Å². The molecule has 1 aromatic carbocycles. The van der Waals surface area contributed by atoms with Crippen LogP contribution in [0.4, 0.5) is 4.39 Å². The van der Waals surface area contributed by atoms with Crippen LogP contribution in [0.2, 0.25) is 0 Å². The van der Waals surface area contributed by atoms with Crippen LogP contribution in [-0.2, 0) is 6.54 Å². The number of aromatic carboxylic acids is 1. The predicted molar refractivity (Wildman–Crippen MR) is 80.0 cm³/mol. The highest BCUT2D eigenvalue weighted by molar-refractivity contribution is 5.88. The topological polar surface area (TPSA) is 43.8 Å². The van der Waals surface area contributed by atoms with Gasteiger partial charge in [0.15, 0.2) is 0 Å². The molecule has 0 aromatic heterocycles. The molecular weight excluding hydrogens is 271 g/mol. The molecule has 1 fully saturated rings. The zero-order chi connectivity index (χ0) is 15.6. The summed E-state index contributed by atoms with van der Waals surface area (Å²) in [4.78, 5) is 15.5. The normalized spacial score (nSPS) is 17.9. The Morgan fingerprint density at radius 3 is 2.38 bits per heavy atom. The number of rotatable bonds is 3. The van der Waals surface area contributed by atoms with Crippen molar-refractivity contribution in [1.29, 1.82) is 0 Å². The van der Waals surface area contributed by atoms with Gasteiger partial charge in [0.25, 0.3) is 0 Å². The van der Waals surface area contributed by atoms with Gasteiger partial charge in [-0.1, -0.05) is 12.1 Å². The monoisotopic (exact) mass is 294 g/mol. The van der Waals surface area contributed by atoms with Crippen LogP contribution in [0.3, 0.4) is 0 Å². The zero-order valence-corrected chi connectivity index (χ0v) is 12.9. The maximum absolute atomic E-state index is 14.1. The third kappa shape index (κ3) is 3.80. The summed E-state index contributed by atoms with van der Waals surface area (Å²) >= 11 is 0. The maximum Gasteiger partial charge on any atom is 0.338 e. The van der Waals surface area contributed by atoms with Crippen LogP contribution >= 0.6 is 0 Å². The molecule has 0 spiro atoms. The molecule has 0 aliphatic carbocycles. The Morgan fingerprint density at radius 1 is 1.24 bits per heavy atom. The van der Waals surface area contributed by atoms with Crippen molar-refractivity contribution in [2.75, 3.05) is 26.2 Å². The van der Waals surface area contributed by atoms with Crippen molar-refractivity contribution >= 4 is 5.97 Å². The van der Waals surface area contributed by atoms with E-state index in [1.54, 1.807) is 12.1 Å². The largest absolute Gasteiger partial charge is 0.478 e. The van der Waals surface area contributed by atoms with Crippen molar-refractivity contribution in [3.05, 3.63) is 35.1 Å². The van der Waals surface area contributed by atoms with Crippen LogP contribution in [0.25, 0.3) is 0 Å². The fourth-order valence-electron chi connectivity index (χ4n) is 2.68. The summed E-state index contributed by atoms with van der Waals surface area (Å²) in [6.45, 7) is 10.7. The van der Waals surface area contributed by atoms with Crippen molar-refractivity contribution in [2.24, 2.45) is 0 Å². The molecule has 0 radical (unpaired) electrons. The van der Waals surface area contributed by atoms with Crippen LogP contribution in [-0.4, -0.2) is 52.6 Å². The molecule has 1 heterocycles. The van der Waals surface area contributed by atoms with Gasteiger partial charge in [0, 0.05) is 43.8 Å². The molecule has 21 heavy (non-hydrogen) atoms. The molecule has 0 atom stereocenters. The number of hydrogen-bond acceptors (Lipinski definition) is 3. The van der Waals surface area contributed by atoms with E-state index in [1.165, 1.54) is 6.07 Å². The first-order valence-electron chi connectivity index (χ1n) is 7.27. The SMILES string of the molecule is CC(C)(C)N1CCN(Cc2cccc(C(=O)O)c2F)CC1. The van der Waals surface area contributed by atoms with E-state index in [1.807, 2.05) is 0 Å². The summed E-state index contributed by atoms with van der Waals surface area (Å²) in [5, 5.41) is 8.96. The van der Waals surface area contributed by atoms with Crippen molar-refractivity contribution in [3.8, 4) is 0 Å². The predicted octanol–water partition coefficient (Wildman–Crippen LogP) is 2.44. The van der Waals surface area contributed by atoms with Gasteiger partial charge in [0.1, 0.15) is 5.82 Å². The highest BCUT2D eigenvalue weighted by atomic mass is 19.1. The van der Waals surface area contributed by atoms with E-state index >= 15 is 0 Å². The van der Waals surface area contributed by atoms with E-state index in [2.05, 4.69) is 30.6 Å². The second kappa shape index (κ2) is 6.12. The molecule has 0 bridgehead atoms. The Hall–Kier alpha value is -1.46. The van der Waals surface area contributed by atoms with Crippen LogP contribution in [0, 0.1) is 5.82 Å². The lowest BCUT2D eigenvalue weighted by Gasteiger charge is -2.42. The molecular formula is C16H23FN2O2. The van der Waals surface area contributed by atoms with Gasteiger partial charge in [-0.05, 0) is 26.8 Å². The number of nitrogens with zero attached hydrogens (tertiary/aromatic N) is 2. The second-order valence-corrected chi connectivity index (χ2v) is 6.52. The number of carbonyl (C=O) groups is 1. The molecule has 2 rings (SSSR count). The van der Waals surface area contributed by atoms with E-state index in [-0.39, 0.29) is 11.1 Å². The minimum Gasteiger partial charge on any atom is -0.478 e. The average molecular weight is 294 g/mol. The highest BCUT2D eigenvalue weighted by Crippen LogP contribution is 2.19. The molecule has 1 aliphatic rings. The lowest BCUT2D eigenvalue weighted by atomic mass is 10.0. The fraction of sp³-hybridized carbons (Fsp3) is 0.562. The molecule has 0 amide bonds. The van der Waals surface area contributed by atoms with Crippen LogP contribution in [0.5, 0.6) is 0 Å². The minimum absolute atomic E-state index is 0.153. The standard InChI is InChI=1S/C16H23FN2O2/c1-16(2,3)19-9-7-18(8-10-19)11-12-5-4-6-13(14(12)17)15(20)21/h4-6H,7-11H2,1-3H3,(H,20,21). The second-order valence-electron chi connectivity index (χ2n) is 6.52. The smallest absolute Gasteiger partial charge is 0.338 e. The Labute approximate surface area is 125 Å². The lowest BCUT2D eigenvalue weighted by molar-refractivity contribution is 0.0584. The Bertz CT molecular complexity index is 517. The molecule has 0 unspecified atom stereocenters. The summed E-state index contributed by atoms with van der Waals surface area (Å²) in [5.74, 6) is -1.82. The van der Waals surface area contributed by atoms with Gasteiger partial charge in [-0.3, -0.25) is 9.80 Å². The third-order valence-corrected chi connectivity index (χ3v) is 4.02. The summed E-state index contributed by atoms with van der Waals surface area (Å²) in [5.41, 5.74) is 0.362. The molecule has 1 aromatic rings. The molecule has 4 nitrogen and oxygen atoms in total. The molecule has 1 saturated heterocycles. The van der Waals surface area contributed by atoms with E-state index in [9.17, 15) is 9.18 Å².